The van der Waals surface area contributed by atoms with E-state index in [0.29, 0.717) is 23.1 Å². The summed E-state index contributed by atoms with van der Waals surface area (Å²) in [6.45, 7) is 4.15. The van der Waals surface area contributed by atoms with E-state index in [9.17, 15) is 4.39 Å². The summed E-state index contributed by atoms with van der Waals surface area (Å²) in [5.41, 5.74) is 2.03. The number of aromatic nitrogens is 2. The fourth-order valence-electron chi connectivity index (χ4n) is 4.17. The minimum Gasteiger partial charge on any atom is -0.366 e. The van der Waals surface area contributed by atoms with E-state index in [1.165, 1.54) is 18.2 Å². The van der Waals surface area contributed by atoms with Gasteiger partial charge in [-0.1, -0.05) is 23.2 Å². The van der Waals surface area contributed by atoms with Crippen LogP contribution in [0.1, 0.15) is 12.8 Å². The molecule has 0 spiro atoms. The average molecular weight is 409 g/mol. The molecule has 2 N–H and O–H groups in total. The van der Waals surface area contributed by atoms with Gasteiger partial charge in [-0.3, -0.25) is 0 Å². The Morgan fingerprint density at radius 1 is 0.926 bits per heavy atom. The topological polar surface area (TPSA) is 56.3 Å². The lowest BCUT2D eigenvalue weighted by Crippen LogP contribution is -2.32. The van der Waals surface area contributed by atoms with Gasteiger partial charge in [0.15, 0.2) is 22.6 Å². The summed E-state index contributed by atoms with van der Waals surface area (Å²) in [4.78, 5) is 12.8. The first kappa shape index (κ1) is 17.1. The van der Waals surface area contributed by atoms with Gasteiger partial charge in [0.05, 0.1) is 11.4 Å². The lowest BCUT2D eigenvalue weighted by molar-refractivity contribution is 0.620. The van der Waals surface area contributed by atoms with Crippen molar-refractivity contribution >= 4 is 46.2 Å². The molecule has 0 aromatic carbocycles. The van der Waals surface area contributed by atoms with Crippen LogP contribution in [-0.4, -0.2) is 48.2 Å². The van der Waals surface area contributed by atoms with E-state index in [1.54, 1.807) is 0 Å². The number of hydrogen-bond acceptors (Lipinski definition) is 6. The van der Waals surface area contributed by atoms with Crippen molar-refractivity contribution in [2.45, 2.75) is 24.9 Å². The van der Waals surface area contributed by atoms with Crippen LogP contribution in [0.5, 0.6) is 0 Å². The molecule has 2 aromatic rings. The molecule has 6 heterocycles. The second kappa shape index (κ2) is 6.56. The molecular formula is C18H19Cl2FN6. The van der Waals surface area contributed by atoms with E-state index in [-0.39, 0.29) is 5.15 Å². The number of fused-ring (bicyclic) bond motifs is 8. The van der Waals surface area contributed by atoms with Gasteiger partial charge in [0.2, 0.25) is 0 Å². The smallest absolute Gasteiger partial charge is 0.167 e. The fraction of sp³-hybridized carbons (Fsp3) is 0.444. The molecule has 2 aromatic heterocycles. The molecule has 4 aliphatic heterocycles. The molecule has 2 atom stereocenters. The summed E-state index contributed by atoms with van der Waals surface area (Å²) < 4.78 is 13.2. The Morgan fingerprint density at radius 2 is 1.56 bits per heavy atom. The molecule has 0 unspecified atom stereocenters. The lowest BCUT2D eigenvalue weighted by Gasteiger charge is -2.27. The largest absolute Gasteiger partial charge is 0.366 e. The maximum Gasteiger partial charge on any atom is 0.167 e. The third-order valence-electron chi connectivity index (χ3n) is 5.49. The first-order valence-corrected chi connectivity index (χ1v) is 9.88. The van der Waals surface area contributed by atoms with E-state index in [2.05, 4.69) is 30.4 Å². The Labute approximate surface area is 166 Å². The number of anilines is 4. The average Bonchev–Trinajstić information content (AvgIpc) is 3.22. The van der Waals surface area contributed by atoms with Gasteiger partial charge in [0, 0.05) is 44.3 Å². The molecule has 6 rings (SSSR count). The van der Waals surface area contributed by atoms with Gasteiger partial charge in [-0.25, -0.2) is 14.4 Å². The zero-order chi connectivity index (χ0) is 18.5. The molecule has 27 heavy (non-hydrogen) atoms. The first-order chi connectivity index (χ1) is 13.1. The van der Waals surface area contributed by atoms with Gasteiger partial charge in [-0.2, -0.15) is 0 Å². The van der Waals surface area contributed by atoms with E-state index in [1.807, 2.05) is 12.1 Å². The van der Waals surface area contributed by atoms with Crippen LogP contribution in [0.15, 0.2) is 18.2 Å². The van der Waals surface area contributed by atoms with Crippen LogP contribution in [0.3, 0.4) is 0 Å². The third-order valence-corrected chi connectivity index (χ3v) is 5.97. The minimum atomic E-state index is -0.447. The van der Waals surface area contributed by atoms with E-state index in [0.717, 1.165) is 44.1 Å². The molecule has 9 heteroatoms. The highest BCUT2D eigenvalue weighted by Crippen LogP contribution is 2.36. The highest BCUT2D eigenvalue weighted by molar-refractivity contribution is 6.30. The van der Waals surface area contributed by atoms with Crippen LogP contribution in [0, 0.1) is 5.82 Å². The Balaban J connectivity index is 0.000000119. The summed E-state index contributed by atoms with van der Waals surface area (Å²) in [5, 5.41) is 7.15. The Hall–Kier alpha value is -1.99. The summed E-state index contributed by atoms with van der Waals surface area (Å²) in [7, 11) is 0. The lowest BCUT2D eigenvalue weighted by atomic mass is 10.2. The number of hydrogen-bond donors (Lipinski definition) is 2. The summed E-state index contributed by atoms with van der Waals surface area (Å²) >= 11 is 11.4. The number of rotatable bonds is 0. The highest BCUT2D eigenvalue weighted by atomic mass is 35.5. The van der Waals surface area contributed by atoms with Crippen LogP contribution in [0.4, 0.5) is 27.4 Å². The molecule has 142 valence electrons. The maximum absolute atomic E-state index is 13.2. The van der Waals surface area contributed by atoms with Gasteiger partial charge in [-0.05, 0) is 25.0 Å². The van der Waals surface area contributed by atoms with E-state index < -0.39 is 5.82 Å². The van der Waals surface area contributed by atoms with Crippen molar-refractivity contribution in [3.8, 4) is 0 Å². The predicted octanol–water partition coefficient (Wildman–Crippen LogP) is 3.62. The standard InChI is InChI=1S/C9H9ClFN3.C9H10ClN3/c10-8-6(11)3-7-9(13-8)12-5-1-2-14(7)4-5;10-8-2-1-7-9(12-8)11-6-3-4-13(7)5-6/h3,5H,1-2,4H2,(H,12,13);1-2,6H,3-5H2,(H,11,12)/t5-;6-/m00/s1. The number of nitrogens with one attached hydrogen (secondary N) is 2. The first-order valence-electron chi connectivity index (χ1n) is 9.12. The molecule has 0 aliphatic carbocycles. The molecular weight excluding hydrogens is 390 g/mol. The number of halogens is 3. The van der Waals surface area contributed by atoms with Crippen molar-refractivity contribution < 1.29 is 4.39 Å². The van der Waals surface area contributed by atoms with Gasteiger partial charge in [0.1, 0.15) is 5.15 Å². The van der Waals surface area contributed by atoms with Crippen LogP contribution in [0.2, 0.25) is 10.3 Å². The van der Waals surface area contributed by atoms with Gasteiger partial charge < -0.3 is 20.4 Å². The van der Waals surface area contributed by atoms with Crippen LogP contribution in [-0.2, 0) is 0 Å². The van der Waals surface area contributed by atoms with Crippen LogP contribution < -0.4 is 20.4 Å². The maximum atomic E-state index is 13.2. The molecule has 2 saturated heterocycles. The van der Waals surface area contributed by atoms with Crippen molar-refractivity contribution in [3.05, 3.63) is 34.3 Å². The predicted molar refractivity (Wildman–Crippen MR) is 107 cm³/mol. The Kier molecular flexibility index (Phi) is 4.16. The molecule has 0 saturated carbocycles. The molecule has 4 aliphatic rings. The number of pyridine rings is 2. The second-order valence-electron chi connectivity index (χ2n) is 7.28. The van der Waals surface area contributed by atoms with Crippen molar-refractivity contribution in [2.75, 3.05) is 46.6 Å². The highest BCUT2D eigenvalue weighted by Gasteiger charge is 2.32. The minimum absolute atomic E-state index is 0.0567. The van der Waals surface area contributed by atoms with Gasteiger partial charge in [-0.15, -0.1) is 0 Å². The molecule has 0 radical (unpaired) electrons. The van der Waals surface area contributed by atoms with Gasteiger partial charge in [0.25, 0.3) is 0 Å². The molecule has 4 bridgehead atoms. The van der Waals surface area contributed by atoms with E-state index in [4.69, 9.17) is 23.2 Å². The summed E-state index contributed by atoms with van der Waals surface area (Å²) in [6, 6.07) is 6.36. The number of nitrogens with zero attached hydrogens (tertiary/aromatic N) is 4. The van der Waals surface area contributed by atoms with Crippen LogP contribution >= 0.6 is 23.2 Å². The third kappa shape index (κ3) is 3.12. The van der Waals surface area contributed by atoms with Crippen molar-refractivity contribution in [1.29, 1.82) is 0 Å². The summed E-state index contributed by atoms with van der Waals surface area (Å²) in [5.74, 6) is 1.21. The van der Waals surface area contributed by atoms with Crippen LogP contribution in [0.25, 0.3) is 0 Å². The second-order valence-corrected chi connectivity index (χ2v) is 8.03. The zero-order valence-corrected chi connectivity index (χ0v) is 16.1. The van der Waals surface area contributed by atoms with Crippen molar-refractivity contribution in [1.82, 2.24) is 9.97 Å². The fourth-order valence-corrected chi connectivity index (χ4v) is 4.46. The SMILES string of the molecule is Clc1ccc2c(n1)N[C@H]1CCN2C1.Fc1cc2c(nc1Cl)N[C@H]1CCN2C1. The van der Waals surface area contributed by atoms with E-state index >= 15 is 0 Å². The Bertz CT molecular complexity index is 894. The quantitative estimate of drug-likeness (QED) is 0.649. The molecule has 0 amide bonds. The normalized spacial score (nSPS) is 23.7. The summed E-state index contributed by atoms with van der Waals surface area (Å²) in [6.07, 6.45) is 2.28. The Morgan fingerprint density at radius 3 is 2.26 bits per heavy atom. The molecule has 2 fully saturated rings. The molecule has 6 nitrogen and oxygen atoms in total. The van der Waals surface area contributed by atoms with Gasteiger partial charge >= 0.3 is 0 Å². The van der Waals surface area contributed by atoms with Crippen molar-refractivity contribution in [3.63, 3.8) is 0 Å². The zero-order valence-electron chi connectivity index (χ0n) is 14.6. The van der Waals surface area contributed by atoms with Crippen molar-refractivity contribution in [2.24, 2.45) is 0 Å². The monoisotopic (exact) mass is 408 g/mol.